The van der Waals surface area contributed by atoms with Gasteiger partial charge in [0.25, 0.3) is 0 Å². The van der Waals surface area contributed by atoms with Crippen LogP contribution in [0.4, 0.5) is 5.69 Å². The molecule has 30 heavy (non-hydrogen) atoms. The molecule has 0 bridgehead atoms. The average molecular weight is 422 g/mol. The lowest BCUT2D eigenvalue weighted by Crippen LogP contribution is -2.19. The molecule has 1 aliphatic heterocycles. The van der Waals surface area contributed by atoms with Crippen molar-refractivity contribution in [3.63, 3.8) is 0 Å². The van der Waals surface area contributed by atoms with Crippen LogP contribution in [0.3, 0.4) is 0 Å². The van der Waals surface area contributed by atoms with E-state index in [1.165, 1.54) is 28.0 Å². The van der Waals surface area contributed by atoms with Crippen LogP contribution >= 0.6 is 12.6 Å². The van der Waals surface area contributed by atoms with Crippen molar-refractivity contribution >= 4 is 30.6 Å². The van der Waals surface area contributed by atoms with Crippen LogP contribution in [0.2, 0.25) is 0 Å². The lowest BCUT2D eigenvalue weighted by molar-refractivity contribution is 0.709. The molecule has 1 fully saturated rings. The smallest absolute Gasteiger partial charge is 0.0477 e. The minimum absolute atomic E-state index is 0.503. The molecule has 1 aromatic carbocycles. The number of anilines is 1. The number of thiol groups is 1. The Morgan fingerprint density at radius 1 is 1.33 bits per heavy atom. The molecule has 0 spiro atoms. The number of rotatable bonds is 10. The number of hydrogen-bond acceptors (Lipinski definition) is 4. The van der Waals surface area contributed by atoms with Crippen molar-refractivity contribution in [2.75, 3.05) is 37.3 Å². The lowest BCUT2D eigenvalue weighted by atomic mass is 9.98. The zero-order chi connectivity index (χ0) is 21.8. The highest BCUT2D eigenvalue weighted by Gasteiger charge is 2.24. The van der Waals surface area contributed by atoms with Gasteiger partial charge in [0.15, 0.2) is 0 Å². The highest BCUT2D eigenvalue weighted by atomic mass is 32.1. The second kappa shape index (κ2) is 13.0. The summed E-state index contributed by atoms with van der Waals surface area (Å²) in [5.74, 6) is 1.28. The van der Waals surface area contributed by atoms with Crippen LogP contribution in [0.5, 0.6) is 0 Å². The summed E-state index contributed by atoms with van der Waals surface area (Å²) in [5.41, 5.74) is 6.23. The topological polar surface area (TPSA) is 27.6 Å². The molecule has 2 rings (SSSR count). The molecule has 0 amide bonds. The summed E-state index contributed by atoms with van der Waals surface area (Å²) in [6.07, 6.45) is 15.5. The molecule has 1 heterocycles. The second-order valence-corrected chi connectivity index (χ2v) is 7.81. The maximum absolute atomic E-state index is 4.34. The maximum atomic E-state index is 4.34. The fourth-order valence-electron chi connectivity index (χ4n) is 3.65. The molecule has 1 N–H and O–H groups in total. The van der Waals surface area contributed by atoms with E-state index in [9.17, 15) is 0 Å². The summed E-state index contributed by atoms with van der Waals surface area (Å²) < 4.78 is 0. The minimum Gasteiger partial charge on any atom is -0.394 e. The van der Waals surface area contributed by atoms with Gasteiger partial charge in [0, 0.05) is 50.3 Å². The third kappa shape index (κ3) is 7.10. The van der Waals surface area contributed by atoms with Crippen LogP contribution in [0.25, 0.3) is 6.08 Å². The van der Waals surface area contributed by atoms with Gasteiger partial charge >= 0.3 is 0 Å². The summed E-state index contributed by atoms with van der Waals surface area (Å²) in [5, 5.41) is 3.05. The zero-order valence-corrected chi connectivity index (χ0v) is 19.4. The van der Waals surface area contributed by atoms with Gasteiger partial charge in [-0.3, -0.25) is 4.99 Å². The average Bonchev–Trinajstić information content (AvgIpc) is 3.25. The Kier molecular flexibility index (Phi) is 10.3. The predicted molar refractivity (Wildman–Crippen MR) is 138 cm³/mol. The van der Waals surface area contributed by atoms with Crippen molar-refractivity contribution in [2.45, 2.75) is 20.3 Å². The number of aliphatic imine (C=N–C) groups is 1. The van der Waals surface area contributed by atoms with Crippen molar-refractivity contribution in [1.29, 1.82) is 0 Å². The molecule has 1 unspecified atom stereocenters. The molecule has 0 aliphatic carbocycles. The van der Waals surface area contributed by atoms with Crippen molar-refractivity contribution < 1.29 is 0 Å². The Morgan fingerprint density at radius 3 is 2.73 bits per heavy atom. The molecule has 160 valence electrons. The number of nitrogens with zero attached hydrogens (tertiary/aromatic N) is 2. The van der Waals surface area contributed by atoms with Gasteiger partial charge in [0.2, 0.25) is 0 Å². The molecule has 1 saturated heterocycles. The molecule has 1 atom stereocenters. The van der Waals surface area contributed by atoms with Crippen LogP contribution in [0.15, 0.2) is 83.1 Å². The van der Waals surface area contributed by atoms with Crippen LogP contribution in [-0.2, 0) is 0 Å². The highest BCUT2D eigenvalue weighted by Crippen LogP contribution is 2.29. The van der Waals surface area contributed by atoms with Crippen LogP contribution in [0, 0.1) is 5.92 Å². The minimum atomic E-state index is 0.503. The third-order valence-corrected chi connectivity index (χ3v) is 5.53. The molecule has 1 aromatic rings. The molecule has 0 radical (unpaired) electrons. The first-order valence-electron chi connectivity index (χ1n) is 10.6. The van der Waals surface area contributed by atoms with E-state index in [0.29, 0.717) is 5.92 Å². The van der Waals surface area contributed by atoms with Gasteiger partial charge in [-0.05, 0) is 73.0 Å². The Hall–Kier alpha value is -2.46. The standard InChI is InChI=1S/C26H35N3S/c1-5-23(11-14-27-4)21(3)19-22-7-9-26(10-8-22)29-17-13-25(20-29)24(6-2)12-15-28-16-18-30/h5-12,14-15,19,25,27,30H,2,13,16-18,20H2,1,3-4H3/b14-11-,21-19+,23-5+,24-12+,28-15?. The zero-order valence-electron chi connectivity index (χ0n) is 18.5. The van der Waals surface area contributed by atoms with E-state index in [0.717, 1.165) is 31.8 Å². The molecule has 4 heteroatoms. The van der Waals surface area contributed by atoms with Crippen molar-refractivity contribution in [3.8, 4) is 0 Å². The number of allylic oxidation sites excluding steroid dienone is 6. The van der Waals surface area contributed by atoms with Crippen molar-refractivity contribution in [3.05, 3.63) is 83.6 Å². The van der Waals surface area contributed by atoms with Gasteiger partial charge in [-0.1, -0.05) is 36.9 Å². The molecule has 3 nitrogen and oxygen atoms in total. The van der Waals surface area contributed by atoms with Crippen molar-refractivity contribution in [2.24, 2.45) is 10.9 Å². The number of hydrogen-bond donors (Lipinski definition) is 2. The molecular formula is C26H35N3S. The van der Waals surface area contributed by atoms with Gasteiger partial charge in [0.05, 0.1) is 0 Å². The van der Waals surface area contributed by atoms with Crippen LogP contribution in [0.1, 0.15) is 25.8 Å². The first kappa shape index (κ1) is 23.8. The predicted octanol–water partition coefficient (Wildman–Crippen LogP) is 5.71. The fraction of sp³-hybridized carbons (Fsp3) is 0.346. The SMILES string of the molecule is C=C/C(=C\C=NCCS)C1CCN(c2ccc(/C=C(C)/C(/C=C\NC)=C/C)cc2)C1. The van der Waals surface area contributed by atoms with Gasteiger partial charge in [-0.2, -0.15) is 12.6 Å². The molecule has 1 aliphatic rings. The number of nitrogens with one attached hydrogen (secondary N) is 1. The number of benzene rings is 1. The Bertz CT molecular complexity index is 828. The normalized spacial score (nSPS) is 18.6. The van der Waals surface area contributed by atoms with E-state index in [-0.39, 0.29) is 0 Å². The first-order valence-corrected chi connectivity index (χ1v) is 11.2. The lowest BCUT2D eigenvalue weighted by Gasteiger charge is -2.19. The van der Waals surface area contributed by atoms with Gasteiger partial charge in [-0.25, -0.2) is 0 Å². The van der Waals surface area contributed by atoms with Gasteiger partial charge in [0.1, 0.15) is 0 Å². The van der Waals surface area contributed by atoms with E-state index in [4.69, 9.17) is 0 Å². The fourth-order valence-corrected chi connectivity index (χ4v) is 3.77. The summed E-state index contributed by atoms with van der Waals surface area (Å²) in [6.45, 7) is 11.1. The van der Waals surface area contributed by atoms with E-state index in [1.807, 2.05) is 25.5 Å². The quantitative estimate of drug-likeness (QED) is 0.288. The molecule has 0 aromatic heterocycles. The summed E-state index contributed by atoms with van der Waals surface area (Å²) >= 11 is 4.19. The van der Waals surface area contributed by atoms with Crippen molar-refractivity contribution in [1.82, 2.24) is 5.32 Å². The third-order valence-electron chi connectivity index (χ3n) is 5.33. The first-order chi connectivity index (χ1) is 14.6. The molecule has 0 saturated carbocycles. The second-order valence-electron chi connectivity index (χ2n) is 7.37. The maximum Gasteiger partial charge on any atom is 0.0477 e. The Morgan fingerprint density at radius 2 is 2.10 bits per heavy atom. The summed E-state index contributed by atoms with van der Waals surface area (Å²) in [6, 6.07) is 8.86. The Balaban J connectivity index is 2.04. The van der Waals surface area contributed by atoms with E-state index in [2.05, 4.69) is 96.8 Å². The summed E-state index contributed by atoms with van der Waals surface area (Å²) in [7, 11) is 1.91. The van der Waals surface area contributed by atoms with E-state index < -0.39 is 0 Å². The van der Waals surface area contributed by atoms with Gasteiger partial charge < -0.3 is 10.2 Å². The van der Waals surface area contributed by atoms with E-state index >= 15 is 0 Å². The Labute approximate surface area is 188 Å². The van der Waals surface area contributed by atoms with Crippen LogP contribution < -0.4 is 10.2 Å². The molecular weight excluding hydrogens is 386 g/mol. The monoisotopic (exact) mass is 421 g/mol. The van der Waals surface area contributed by atoms with Gasteiger partial charge in [-0.15, -0.1) is 0 Å². The van der Waals surface area contributed by atoms with E-state index in [1.54, 1.807) is 0 Å². The largest absolute Gasteiger partial charge is 0.394 e. The highest BCUT2D eigenvalue weighted by molar-refractivity contribution is 7.80. The summed E-state index contributed by atoms with van der Waals surface area (Å²) in [4.78, 5) is 6.80. The van der Waals surface area contributed by atoms with Crippen LogP contribution in [-0.4, -0.2) is 38.6 Å².